The molecule has 0 aromatic rings. The lowest BCUT2D eigenvalue weighted by molar-refractivity contribution is -0.165. The predicted molar refractivity (Wildman–Crippen MR) is 105 cm³/mol. The van der Waals surface area contributed by atoms with Crippen molar-refractivity contribution in [2.24, 2.45) is 28.6 Å². The van der Waals surface area contributed by atoms with Gasteiger partial charge in [-0.25, -0.2) is 0 Å². The van der Waals surface area contributed by atoms with E-state index in [0.717, 1.165) is 32.1 Å². The van der Waals surface area contributed by atoms with E-state index in [1.807, 2.05) is 0 Å². The van der Waals surface area contributed by atoms with Crippen molar-refractivity contribution in [3.05, 3.63) is 23.8 Å². The lowest BCUT2D eigenvalue weighted by Crippen LogP contribution is -2.53. The monoisotopic (exact) mass is 384 g/mol. The highest BCUT2D eigenvalue weighted by Crippen LogP contribution is 2.68. The average Bonchev–Trinajstić information content (AvgIpc) is 3.16. The van der Waals surface area contributed by atoms with E-state index in [4.69, 9.17) is 9.47 Å². The maximum atomic E-state index is 12.0. The summed E-state index contributed by atoms with van der Waals surface area (Å²) in [6, 6.07) is 0. The van der Waals surface area contributed by atoms with Gasteiger partial charge >= 0.3 is 11.9 Å². The third kappa shape index (κ3) is 2.35. The van der Waals surface area contributed by atoms with Crippen LogP contribution in [0.15, 0.2) is 23.8 Å². The second-order valence-electron chi connectivity index (χ2n) is 10.3. The van der Waals surface area contributed by atoms with Crippen molar-refractivity contribution < 1.29 is 19.1 Å². The molecule has 1 saturated heterocycles. The molecule has 4 nitrogen and oxygen atoms in total. The van der Waals surface area contributed by atoms with Crippen LogP contribution in [0.4, 0.5) is 0 Å². The van der Waals surface area contributed by atoms with Crippen molar-refractivity contribution in [3.63, 3.8) is 0 Å². The van der Waals surface area contributed by atoms with Crippen LogP contribution in [0, 0.1) is 28.6 Å². The van der Waals surface area contributed by atoms with Crippen molar-refractivity contribution in [3.8, 4) is 0 Å². The van der Waals surface area contributed by atoms with Crippen LogP contribution in [0.25, 0.3) is 0 Å². The molecule has 4 aliphatic carbocycles. The molecule has 1 aliphatic heterocycles. The highest BCUT2D eigenvalue weighted by Gasteiger charge is 2.66. The van der Waals surface area contributed by atoms with Crippen molar-refractivity contribution in [2.75, 3.05) is 0 Å². The first kappa shape index (κ1) is 18.4. The zero-order valence-corrected chi connectivity index (χ0v) is 17.3. The summed E-state index contributed by atoms with van der Waals surface area (Å²) < 4.78 is 11.5. The number of ether oxygens (including phenoxy) is 2. The van der Waals surface area contributed by atoms with Crippen LogP contribution >= 0.6 is 0 Å². The van der Waals surface area contributed by atoms with Gasteiger partial charge in [0.2, 0.25) is 0 Å². The maximum Gasteiger partial charge on any atom is 0.306 e. The summed E-state index contributed by atoms with van der Waals surface area (Å²) >= 11 is 0. The number of rotatable bonds is 1. The summed E-state index contributed by atoms with van der Waals surface area (Å²) in [5.74, 6) is 1.60. The second kappa shape index (κ2) is 5.96. The number of hydrogen-bond donors (Lipinski definition) is 0. The molecule has 0 aromatic heterocycles. The van der Waals surface area contributed by atoms with Crippen molar-refractivity contribution >= 4 is 11.9 Å². The van der Waals surface area contributed by atoms with Crippen molar-refractivity contribution in [1.82, 2.24) is 0 Å². The van der Waals surface area contributed by atoms with Crippen LogP contribution in [0.1, 0.15) is 72.1 Å². The largest absolute Gasteiger partial charge is 0.458 e. The lowest BCUT2D eigenvalue weighted by Gasteiger charge is -2.57. The Morgan fingerprint density at radius 1 is 1.11 bits per heavy atom. The van der Waals surface area contributed by atoms with E-state index in [-0.39, 0.29) is 34.5 Å². The minimum atomic E-state index is -0.211. The summed E-state index contributed by atoms with van der Waals surface area (Å²) in [4.78, 5) is 23.4. The van der Waals surface area contributed by atoms with E-state index in [0.29, 0.717) is 24.2 Å². The molecule has 28 heavy (non-hydrogen) atoms. The minimum absolute atomic E-state index is 0.00385. The van der Waals surface area contributed by atoms with E-state index in [1.54, 1.807) is 0 Å². The van der Waals surface area contributed by atoms with Crippen molar-refractivity contribution in [2.45, 2.75) is 83.8 Å². The number of hydrogen-bond acceptors (Lipinski definition) is 4. The Balaban J connectivity index is 1.46. The van der Waals surface area contributed by atoms with Gasteiger partial charge in [-0.15, -0.1) is 0 Å². The standard InChI is InChI=1S/C24H32O4/c1-15(25)27-17-6-10-22(2)16(14-17)4-5-18-19(22)7-11-23(3)20(18)8-12-24(23)13-9-21(26)28-24/h4-5,14,17-20H,6-13H2,1-3H3/t17-,18+,19-,20-,22-,23+,24+/m1/s1. The normalized spacial score (nSPS) is 49.1. The number of esters is 2. The summed E-state index contributed by atoms with van der Waals surface area (Å²) in [7, 11) is 0. The summed E-state index contributed by atoms with van der Waals surface area (Å²) in [6.45, 7) is 6.32. The Hall–Kier alpha value is -1.58. The molecule has 1 heterocycles. The molecule has 5 rings (SSSR count). The zero-order chi connectivity index (χ0) is 19.7. The quantitative estimate of drug-likeness (QED) is 0.613. The van der Waals surface area contributed by atoms with Gasteiger partial charge in [0.05, 0.1) is 0 Å². The number of carbonyl (C=O) groups is 2. The molecule has 152 valence electrons. The first-order valence-corrected chi connectivity index (χ1v) is 11.1. The van der Waals surface area contributed by atoms with Crippen LogP contribution < -0.4 is 0 Å². The third-order valence-electron chi connectivity index (χ3n) is 9.27. The zero-order valence-electron chi connectivity index (χ0n) is 17.3. The molecular formula is C24H32O4. The number of fused-ring (bicyclic) bond motifs is 6. The molecule has 2 saturated carbocycles. The molecular weight excluding hydrogens is 352 g/mol. The predicted octanol–water partition coefficient (Wildman–Crippen LogP) is 4.73. The fourth-order valence-electron chi connectivity index (χ4n) is 7.73. The molecule has 4 heteroatoms. The first-order valence-electron chi connectivity index (χ1n) is 11.1. The van der Waals surface area contributed by atoms with Gasteiger partial charge in [-0.1, -0.05) is 26.0 Å². The maximum absolute atomic E-state index is 12.0. The Morgan fingerprint density at radius 3 is 2.61 bits per heavy atom. The Kier molecular flexibility index (Phi) is 3.93. The van der Waals surface area contributed by atoms with Crippen LogP contribution in [0.5, 0.6) is 0 Å². The summed E-state index contributed by atoms with van der Waals surface area (Å²) in [5, 5.41) is 0. The molecule has 5 aliphatic rings. The highest BCUT2D eigenvalue weighted by atomic mass is 16.6. The van der Waals surface area contributed by atoms with Gasteiger partial charge in [-0.05, 0) is 79.8 Å². The minimum Gasteiger partial charge on any atom is -0.458 e. The van der Waals surface area contributed by atoms with Gasteiger partial charge in [0, 0.05) is 18.8 Å². The van der Waals surface area contributed by atoms with E-state index < -0.39 is 0 Å². The molecule has 0 amide bonds. The van der Waals surface area contributed by atoms with Crippen molar-refractivity contribution in [1.29, 1.82) is 0 Å². The molecule has 0 radical (unpaired) electrons. The first-order chi connectivity index (χ1) is 13.3. The van der Waals surface area contributed by atoms with Gasteiger partial charge in [-0.2, -0.15) is 0 Å². The van der Waals surface area contributed by atoms with Crippen LogP contribution in [0.3, 0.4) is 0 Å². The molecule has 0 aromatic carbocycles. The van der Waals surface area contributed by atoms with Gasteiger partial charge in [-0.3, -0.25) is 9.59 Å². The molecule has 0 unspecified atom stereocenters. The SMILES string of the molecule is CC(=O)O[C@H]1C=C2C=C[C@@H]3[C@H]4CC[C@]5(CCC(=O)O5)[C@@]4(C)CC[C@H]3[C@]2(C)CC1. The number of allylic oxidation sites excluding steroid dienone is 3. The van der Waals surface area contributed by atoms with E-state index in [9.17, 15) is 9.59 Å². The summed E-state index contributed by atoms with van der Waals surface area (Å²) in [6.07, 6.45) is 14.9. The van der Waals surface area contributed by atoms with E-state index in [2.05, 4.69) is 32.1 Å². The average molecular weight is 385 g/mol. The van der Waals surface area contributed by atoms with Gasteiger partial charge in [0.25, 0.3) is 0 Å². The second-order valence-corrected chi connectivity index (χ2v) is 10.3. The molecule has 1 spiro atoms. The lowest BCUT2D eigenvalue weighted by atomic mass is 9.48. The van der Waals surface area contributed by atoms with E-state index in [1.165, 1.54) is 25.3 Å². The fourth-order valence-corrected chi connectivity index (χ4v) is 7.73. The highest BCUT2D eigenvalue weighted by molar-refractivity contribution is 5.72. The number of carbonyl (C=O) groups excluding carboxylic acids is 2. The molecule has 3 fully saturated rings. The summed E-state index contributed by atoms with van der Waals surface area (Å²) in [5.41, 5.74) is 1.42. The third-order valence-corrected chi connectivity index (χ3v) is 9.27. The topological polar surface area (TPSA) is 52.6 Å². The Labute approximate surface area is 167 Å². The van der Waals surface area contributed by atoms with Gasteiger partial charge in [0.1, 0.15) is 11.7 Å². The van der Waals surface area contributed by atoms with Crippen LogP contribution in [-0.4, -0.2) is 23.6 Å². The van der Waals surface area contributed by atoms with Gasteiger partial charge in [0.15, 0.2) is 0 Å². The van der Waals surface area contributed by atoms with Crippen LogP contribution in [-0.2, 0) is 19.1 Å². The van der Waals surface area contributed by atoms with Gasteiger partial charge < -0.3 is 9.47 Å². The Bertz CT molecular complexity index is 781. The Morgan fingerprint density at radius 2 is 1.89 bits per heavy atom. The molecule has 7 atom stereocenters. The van der Waals surface area contributed by atoms with Crippen LogP contribution in [0.2, 0.25) is 0 Å². The van der Waals surface area contributed by atoms with E-state index >= 15 is 0 Å². The molecule has 0 N–H and O–H groups in total. The fraction of sp³-hybridized carbons (Fsp3) is 0.750. The smallest absolute Gasteiger partial charge is 0.306 e. The molecule has 0 bridgehead atoms.